The van der Waals surface area contributed by atoms with Gasteiger partial charge in [0.05, 0.1) is 5.56 Å². The van der Waals surface area contributed by atoms with Crippen molar-refractivity contribution < 1.29 is 4.79 Å². The first kappa shape index (κ1) is 8.07. The lowest BCUT2D eigenvalue weighted by Gasteiger charge is -1.94. The molecule has 0 unspecified atom stereocenters. The van der Waals surface area contributed by atoms with Crippen molar-refractivity contribution in [2.45, 2.75) is 0 Å². The van der Waals surface area contributed by atoms with Crippen molar-refractivity contribution in [3.63, 3.8) is 0 Å². The first-order valence-electron chi connectivity index (χ1n) is 3.70. The largest absolute Gasteiger partial charge is 0.288 e. The zero-order valence-electron chi connectivity index (χ0n) is 6.68. The van der Waals surface area contributed by atoms with Gasteiger partial charge in [0, 0.05) is 23.3 Å². The second-order valence-corrected chi connectivity index (χ2v) is 3.25. The molecule has 2 rings (SSSR count). The van der Waals surface area contributed by atoms with Gasteiger partial charge in [-0.05, 0) is 11.4 Å². The molecular formula is C9H6N2OS. The summed E-state index contributed by atoms with van der Waals surface area (Å²) in [5.41, 5.74) is 1.22. The topological polar surface area (TPSA) is 42.9 Å². The van der Waals surface area contributed by atoms with E-state index in [0.717, 1.165) is 0 Å². The van der Waals surface area contributed by atoms with Gasteiger partial charge in [-0.2, -0.15) is 11.3 Å². The molecular weight excluding hydrogens is 184 g/mol. The average Bonchev–Trinajstić information content (AvgIpc) is 2.71. The van der Waals surface area contributed by atoms with Crippen LogP contribution in [0.3, 0.4) is 0 Å². The zero-order chi connectivity index (χ0) is 9.10. The molecule has 0 fully saturated rings. The molecule has 0 aliphatic carbocycles. The predicted molar refractivity (Wildman–Crippen MR) is 49.8 cm³/mol. The van der Waals surface area contributed by atoms with Crippen LogP contribution in [-0.4, -0.2) is 15.8 Å². The maximum absolute atomic E-state index is 11.6. The van der Waals surface area contributed by atoms with Gasteiger partial charge in [0.15, 0.2) is 5.78 Å². The van der Waals surface area contributed by atoms with E-state index in [-0.39, 0.29) is 5.78 Å². The van der Waals surface area contributed by atoms with E-state index < -0.39 is 0 Å². The van der Waals surface area contributed by atoms with Crippen LogP contribution in [0.25, 0.3) is 0 Å². The summed E-state index contributed by atoms with van der Waals surface area (Å²) in [6, 6.07) is 1.79. The number of carbonyl (C=O) groups is 1. The summed E-state index contributed by atoms with van der Waals surface area (Å²) < 4.78 is 0. The number of hydrogen-bond donors (Lipinski definition) is 0. The van der Waals surface area contributed by atoms with Gasteiger partial charge in [0.25, 0.3) is 0 Å². The Labute approximate surface area is 79.1 Å². The third-order valence-electron chi connectivity index (χ3n) is 1.61. The minimum atomic E-state index is -0.0261. The molecule has 4 heteroatoms. The van der Waals surface area contributed by atoms with Gasteiger partial charge >= 0.3 is 0 Å². The molecule has 0 atom stereocenters. The summed E-state index contributed by atoms with van der Waals surface area (Å²) in [5.74, 6) is -0.0261. The van der Waals surface area contributed by atoms with Crippen molar-refractivity contribution in [2.24, 2.45) is 0 Å². The van der Waals surface area contributed by atoms with Crippen molar-refractivity contribution >= 4 is 17.1 Å². The van der Waals surface area contributed by atoms with Crippen molar-refractivity contribution in [2.75, 3.05) is 0 Å². The van der Waals surface area contributed by atoms with E-state index >= 15 is 0 Å². The Kier molecular flexibility index (Phi) is 2.14. The van der Waals surface area contributed by atoms with Gasteiger partial charge in [-0.25, -0.2) is 9.97 Å². The minimum Gasteiger partial charge on any atom is -0.288 e. The maximum Gasteiger partial charge on any atom is 0.196 e. The Morgan fingerprint density at radius 1 is 1.23 bits per heavy atom. The van der Waals surface area contributed by atoms with Crippen LogP contribution < -0.4 is 0 Å². The number of carbonyl (C=O) groups excluding carboxylic acids is 1. The zero-order valence-corrected chi connectivity index (χ0v) is 7.49. The summed E-state index contributed by atoms with van der Waals surface area (Å²) in [6.45, 7) is 0. The van der Waals surface area contributed by atoms with Crippen LogP contribution in [0.5, 0.6) is 0 Å². The molecule has 13 heavy (non-hydrogen) atoms. The predicted octanol–water partition coefficient (Wildman–Crippen LogP) is 1.77. The third-order valence-corrected chi connectivity index (χ3v) is 2.29. The quantitative estimate of drug-likeness (QED) is 0.678. The van der Waals surface area contributed by atoms with E-state index in [1.165, 1.54) is 30.1 Å². The van der Waals surface area contributed by atoms with E-state index in [9.17, 15) is 4.79 Å². The molecule has 0 radical (unpaired) electrons. The van der Waals surface area contributed by atoms with Crippen molar-refractivity contribution in [3.05, 3.63) is 46.7 Å². The Balaban J connectivity index is 2.34. The smallest absolute Gasteiger partial charge is 0.196 e. The van der Waals surface area contributed by atoms with Gasteiger partial charge in [-0.3, -0.25) is 4.79 Å². The van der Waals surface area contributed by atoms with E-state index in [1.807, 2.05) is 10.8 Å². The summed E-state index contributed by atoms with van der Waals surface area (Å²) in [4.78, 5) is 19.2. The standard InChI is InChI=1S/C9H6N2OS/c12-9(7-1-2-13-5-7)8-3-10-6-11-4-8/h1-6H. The normalized spacial score (nSPS) is 9.85. The van der Waals surface area contributed by atoms with Crippen molar-refractivity contribution in [3.8, 4) is 0 Å². The average molecular weight is 190 g/mol. The van der Waals surface area contributed by atoms with Gasteiger partial charge < -0.3 is 0 Å². The summed E-state index contributed by atoms with van der Waals surface area (Å²) in [7, 11) is 0. The lowest BCUT2D eigenvalue weighted by molar-refractivity contribution is 0.103. The SMILES string of the molecule is O=C(c1cncnc1)c1ccsc1. The highest BCUT2D eigenvalue weighted by atomic mass is 32.1. The molecule has 0 spiro atoms. The molecule has 2 aromatic heterocycles. The highest BCUT2D eigenvalue weighted by Crippen LogP contribution is 2.10. The summed E-state index contributed by atoms with van der Waals surface area (Å²) >= 11 is 1.50. The van der Waals surface area contributed by atoms with Crippen LogP contribution in [-0.2, 0) is 0 Å². The Morgan fingerprint density at radius 2 is 2.00 bits per heavy atom. The lowest BCUT2D eigenvalue weighted by atomic mass is 10.1. The van der Waals surface area contributed by atoms with Gasteiger partial charge in [-0.1, -0.05) is 0 Å². The van der Waals surface area contributed by atoms with Crippen LogP contribution >= 0.6 is 11.3 Å². The van der Waals surface area contributed by atoms with Gasteiger partial charge in [0.1, 0.15) is 6.33 Å². The second-order valence-electron chi connectivity index (χ2n) is 2.47. The second kappa shape index (κ2) is 3.45. The first-order chi connectivity index (χ1) is 6.38. The third kappa shape index (κ3) is 1.62. The first-order valence-corrected chi connectivity index (χ1v) is 4.64. The molecule has 0 aromatic carbocycles. The van der Waals surface area contributed by atoms with E-state index in [4.69, 9.17) is 0 Å². The minimum absolute atomic E-state index is 0.0261. The fraction of sp³-hybridized carbons (Fsp3) is 0. The Morgan fingerprint density at radius 3 is 2.62 bits per heavy atom. The molecule has 2 aromatic rings. The monoisotopic (exact) mass is 190 g/mol. The van der Waals surface area contributed by atoms with E-state index in [0.29, 0.717) is 11.1 Å². The van der Waals surface area contributed by atoms with Crippen molar-refractivity contribution in [1.82, 2.24) is 9.97 Å². The Bertz CT molecular complexity index is 397. The maximum atomic E-state index is 11.6. The number of hydrogen-bond acceptors (Lipinski definition) is 4. The molecule has 3 nitrogen and oxygen atoms in total. The summed E-state index contributed by atoms with van der Waals surface area (Å²) in [5, 5.41) is 3.69. The molecule has 0 amide bonds. The van der Waals surface area contributed by atoms with Gasteiger partial charge in [0.2, 0.25) is 0 Å². The highest BCUT2D eigenvalue weighted by molar-refractivity contribution is 7.08. The number of thiophene rings is 1. The molecule has 0 bridgehead atoms. The number of nitrogens with zero attached hydrogens (tertiary/aromatic N) is 2. The van der Waals surface area contributed by atoms with Crippen LogP contribution in [0, 0.1) is 0 Å². The Hall–Kier alpha value is -1.55. The lowest BCUT2D eigenvalue weighted by Crippen LogP contribution is -2.00. The van der Waals surface area contributed by atoms with E-state index in [2.05, 4.69) is 9.97 Å². The molecule has 2 heterocycles. The molecule has 0 aliphatic heterocycles. The fourth-order valence-corrected chi connectivity index (χ4v) is 1.61. The van der Waals surface area contributed by atoms with Gasteiger partial charge in [-0.15, -0.1) is 0 Å². The molecule has 0 saturated carbocycles. The van der Waals surface area contributed by atoms with E-state index in [1.54, 1.807) is 6.07 Å². The van der Waals surface area contributed by atoms with Crippen LogP contribution in [0.1, 0.15) is 15.9 Å². The number of rotatable bonds is 2. The highest BCUT2D eigenvalue weighted by Gasteiger charge is 2.08. The summed E-state index contributed by atoms with van der Waals surface area (Å²) in [6.07, 6.45) is 4.45. The molecule has 0 aliphatic rings. The molecule has 64 valence electrons. The number of aromatic nitrogens is 2. The van der Waals surface area contributed by atoms with Crippen LogP contribution in [0.15, 0.2) is 35.5 Å². The van der Waals surface area contributed by atoms with Crippen LogP contribution in [0.2, 0.25) is 0 Å². The molecule has 0 N–H and O–H groups in total. The number of ketones is 1. The van der Waals surface area contributed by atoms with Crippen LogP contribution in [0.4, 0.5) is 0 Å². The molecule has 0 saturated heterocycles. The van der Waals surface area contributed by atoms with Crippen molar-refractivity contribution in [1.29, 1.82) is 0 Å². The fourth-order valence-electron chi connectivity index (χ4n) is 0.977.